The Morgan fingerprint density at radius 2 is 1.79 bits per heavy atom. The highest BCUT2D eigenvalue weighted by Gasteiger charge is 2.27. The highest BCUT2D eigenvalue weighted by Crippen LogP contribution is 2.29. The molecule has 3 aromatic carbocycles. The van der Waals surface area contributed by atoms with Gasteiger partial charge in [-0.3, -0.25) is 19.5 Å². The van der Waals surface area contributed by atoms with Crippen LogP contribution in [0.2, 0.25) is 0 Å². The van der Waals surface area contributed by atoms with Gasteiger partial charge in [0.05, 0.1) is 17.7 Å². The Morgan fingerprint density at radius 3 is 2.66 bits per heavy atom. The van der Waals surface area contributed by atoms with Crippen LogP contribution in [0.3, 0.4) is 0 Å². The summed E-state index contributed by atoms with van der Waals surface area (Å²) in [6, 6.07) is 24.0. The van der Waals surface area contributed by atoms with Gasteiger partial charge in [-0.25, -0.2) is 4.79 Å². The molecule has 2 N–H and O–H groups in total. The predicted octanol–water partition coefficient (Wildman–Crippen LogP) is 4.68. The van der Waals surface area contributed by atoms with Crippen LogP contribution in [0.25, 0.3) is 10.9 Å². The van der Waals surface area contributed by atoms with Gasteiger partial charge < -0.3 is 15.5 Å². The molecule has 4 amide bonds. The minimum Gasteiger partial charge on any atom is -0.329 e. The van der Waals surface area contributed by atoms with E-state index in [1.54, 1.807) is 23.2 Å². The highest BCUT2D eigenvalue weighted by atomic mass is 16.2. The fourth-order valence-electron chi connectivity index (χ4n) is 4.78. The first-order valence-electron chi connectivity index (χ1n) is 12.6. The van der Waals surface area contributed by atoms with E-state index in [0.717, 1.165) is 35.0 Å². The smallest absolute Gasteiger partial charge is 0.319 e. The van der Waals surface area contributed by atoms with Crippen molar-refractivity contribution in [3.63, 3.8) is 0 Å². The van der Waals surface area contributed by atoms with Gasteiger partial charge in [0.15, 0.2) is 0 Å². The third kappa shape index (κ3) is 5.49. The molecule has 1 aromatic heterocycles. The van der Waals surface area contributed by atoms with Crippen LogP contribution in [0.4, 0.5) is 21.9 Å². The van der Waals surface area contributed by atoms with Gasteiger partial charge in [-0.1, -0.05) is 48.5 Å². The molecule has 0 atom stereocenters. The number of benzene rings is 3. The molecule has 8 heteroatoms. The van der Waals surface area contributed by atoms with Crippen molar-refractivity contribution in [2.45, 2.75) is 19.8 Å². The number of pyridine rings is 1. The molecule has 2 heterocycles. The maximum absolute atomic E-state index is 13.6. The molecule has 1 aliphatic heterocycles. The molecule has 0 unspecified atom stereocenters. The van der Waals surface area contributed by atoms with Crippen LogP contribution in [0.15, 0.2) is 85.1 Å². The molecule has 38 heavy (non-hydrogen) atoms. The maximum Gasteiger partial charge on any atom is 0.319 e. The summed E-state index contributed by atoms with van der Waals surface area (Å²) in [6.07, 6.45) is 3.42. The summed E-state index contributed by atoms with van der Waals surface area (Å²) >= 11 is 0. The zero-order chi connectivity index (χ0) is 26.5. The van der Waals surface area contributed by atoms with Crippen molar-refractivity contribution in [3.05, 3.63) is 96.2 Å². The van der Waals surface area contributed by atoms with Gasteiger partial charge in [0.2, 0.25) is 11.8 Å². The number of carbonyl (C=O) groups excluding carboxylic acids is 3. The van der Waals surface area contributed by atoms with Crippen LogP contribution in [0.1, 0.15) is 17.5 Å². The van der Waals surface area contributed by atoms with E-state index in [1.807, 2.05) is 73.7 Å². The Labute approximate surface area is 221 Å². The number of para-hydroxylation sites is 2. The summed E-state index contributed by atoms with van der Waals surface area (Å²) in [4.78, 5) is 47.3. The number of urea groups is 1. The lowest BCUT2D eigenvalue weighted by Crippen LogP contribution is -2.48. The van der Waals surface area contributed by atoms with Crippen LogP contribution in [-0.2, 0) is 16.0 Å². The van der Waals surface area contributed by atoms with E-state index in [9.17, 15) is 14.4 Å². The maximum atomic E-state index is 13.6. The van der Waals surface area contributed by atoms with Crippen molar-refractivity contribution in [3.8, 4) is 0 Å². The molecular formula is C30H29N5O3. The van der Waals surface area contributed by atoms with Crippen molar-refractivity contribution < 1.29 is 14.4 Å². The molecule has 8 nitrogen and oxygen atoms in total. The van der Waals surface area contributed by atoms with E-state index in [4.69, 9.17) is 0 Å². The first-order chi connectivity index (χ1) is 18.5. The van der Waals surface area contributed by atoms with Crippen LogP contribution in [-0.4, -0.2) is 42.5 Å². The number of hydrogen-bond acceptors (Lipinski definition) is 4. The second-order valence-corrected chi connectivity index (χ2v) is 9.29. The molecule has 5 rings (SSSR count). The minimum absolute atomic E-state index is 0.177. The molecular weight excluding hydrogens is 478 g/mol. The SMILES string of the molecule is Cc1cccc(NC(=O)NCC(=O)N(CC(=O)N2CCCc3ccccc32)c2cccc3cccnc23)c1. The summed E-state index contributed by atoms with van der Waals surface area (Å²) in [5.74, 6) is -0.608. The number of hydrogen-bond donors (Lipinski definition) is 2. The monoisotopic (exact) mass is 507 g/mol. The average molecular weight is 508 g/mol. The van der Waals surface area contributed by atoms with Gasteiger partial charge in [-0.2, -0.15) is 0 Å². The highest BCUT2D eigenvalue weighted by molar-refractivity contribution is 6.09. The molecule has 0 saturated carbocycles. The lowest BCUT2D eigenvalue weighted by Gasteiger charge is -2.32. The quantitative estimate of drug-likeness (QED) is 0.396. The van der Waals surface area contributed by atoms with Crippen molar-refractivity contribution in [1.82, 2.24) is 10.3 Å². The first-order valence-corrected chi connectivity index (χ1v) is 12.6. The van der Waals surface area contributed by atoms with Crippen molar-refractivity contribution in [2.75, 3.05) is 34.8 Å². The topological polar surface area (TPSA) is 94.6 Å². The van der Waals surface area contributed by atoms with Gasteiger partial charge in [-0.15, -0.1) is 0 Å². The largest absolute Gasteiger partial charge is 0.329 e. The average Bonchev–Trinajstić information content (AvgIpc) is 2.94. The van der Waals surface area contributed by atoms with Gasteiger partial charge in [0, 0.05) is 29.5 Å². The van der Waals surface area contributed by atoms with Gasteiger partial charge in [0.1, 0.15) is 6.54 Å². The lowest BCUT2D eigenvalue weighted by atomic mass is 10.0. The number of nitrogens with one attached hydrogen (secondary N) is 2. The number of nitrogens with zero attached hydrogens (tertiary/aromatic N) is 3. The fourth-order valence-corrected chi connectivity index (χ4v) is 4.78. The normalized spacial score (nSPS) is 12.5. The first kappa shape index (κ1) is 25.0. The number of rotatable bonds is 6. The number of anilines is 3. The van der Waals surface area contributed by atoms with Gasteiger partial charge in [0.25, 0.3) is 0 Å². The summed E-state index contributed by atoms with van der Waals surface area (Å²) in [5, 5.41) is 6.22. The summed E-state index contributed by atoms with van der Waals surface area (Å²) in [7, 11) is 0. The van der Waals surface area contributed by atoms with E-state index in [2.05, 4.69) is 15.6 Å². The predicted molar refractivity (Wildman–Crippen MR) is 149 cm³/mol. The zero-order valence-corrected chi connectivity index (χ0v) is 21.2. The number of amides is 4. The zero-order valence-electron chi connectivity index (χ0n) is 21.2. The van der Waals surface area contributed by atoms with Crippen LogP contribution < -0.4 is 20.4 Å². The second kappa shape index (κ2) is 11.1. The number of aryl methyl sites for hydroxylation is 2. The van der Waals surface area contributed by atoms with Crippen molar-refractivity contribution >= 4 is 45.8 Å². The number of carbonyl (C=O) groups is 3. The Bertz CT molecular complexity index is 1500. The van der Waals surface area contributed by atoms with Gasteiger partial charge >= 0.3 is 6.03 Å². The molecule has 4 aromatic rings. The summed E-state index contributed by atoms with van der Waals surface area (Å²) in [5.41, 5.74) is 4.76. The van der Waals surface area contributed by atoms with Crippen LogP contribution >= 0.6 is 0 Å². The van der Waals surface area contributed by atoms with Crippen LogP contribution in [0, 0.1) is 6.92 Å². The van der Waals surface area contributed by atoms with Crippen LogP contribution in [0.5, 0.6) is 0 Å². The van der Waals surface area contributed by atoms with E-state index < -0.39 is 11.9 Å². The molecule has 0 spiro atoms. The molecule has 192 valence electrons. The molecule has 0 radical (unpaired) electrons. The Morgan fingerprint density at radius 1 is 0.974 bits per heavy atom. The van der Waals surface area contributed by atoms with E-state index in [0.29, 0.717) is 23.4 Å². The standard InChI is InChI=1S/C30H29N5O3/c1-21-8-4-13-24(18-21)33-30(38)32-19-27(36)35(26-15-5-10-23-11-6-16-31-29(23)26)20-28(37)34-17-7-12-22-9-2-3-14-25(22)34/h2-6,8-11,13-16,18H,7,12,17,19-20H2,1H3,(H2,32,33,38). The molecule has 0 aliphatic carbocycles. The fraction of sp³-hybridized carbons (Fsp3) is 0.200. The van der Waals surface area contributed by atoms with Crippen molar-refractivity contribution in [2.24, 2.45) is 0 Å². The molecule has 0 fully saturated rings. The molecule has 0 saturated heterocycles. The second-order valence-electron chi connectivity index (χ2n) is 9.29. The number of aromatic nitrogens is 1. The summed E-state index contributed by atoms with van der Waals surface area (Å²) < 4.78 is 0. The summed E-state index contributed by atoms with van der Waals surface area (Å²) in [6.45, 7) is 2.05. The Balaban J connectivity index is 1.38. The van der Waals surface area contributed by atoms with E-state index >= 15 is 0 Å². The Hall–Kier alpha value is -4.72. The van der Waals surface area contributed by atoms with E-state index in [-0.39, 0.29) is 19.0 Å². The van der Waals surface area contributed by atoms with Gasteiger partial charge in [-0.05, 0) is 61.2 Å². The molecule has 0 bridgehead atoms. The lowest BCUT2D eigenvalue weighted by molar-refractivity contribution is -0.122. The number of fused-ring (bicyclic) bond motifs is 2. The van der Waals surface area contributed by atoms with Crippen molar-refractivity contribution in [1.29, 1.82) is 0 Å². The minimum atomic E-state index is -0.503. The van der Waals surface area contributed by atoms with E-state index in [1.165, 1.54) is 4.90 Å². The third-order valence-electron chi connectivity index (χ3n) is 6.58. The third-order valence-corrected chi connectivity index (χ3v) is 6.58. The molecule has 1 aliphatic rings. The Kier molecular flexibility index (Phi) is 7.31.